The Bertz CT molecular complexity index is 464. The fourth-order valence-electron chi connectivity index (χ4n) is 3.41. The van der Waals surface area contributed by atoms with Gasteiger partial charge in [0.05, 0.1) is 0 Å². The minimum atomic E-state index is -3.47. The molecule has 130 valence electrons. The molecule has 0 aliphatic carbocycles. The molecular formula is C14H28ClN3O3S. The van der Waals surface area contributed by atoms with E-state index in [0.29, 0.717) is 31.6 Å². The Labute approximate surface area is 140 Å². The van der Waals surface area contributed by atoms with E-state index in [1.165, 1.54) is 10.7 Å². The number of carbonyl (C=O) groups excluding carboxylic acids is 1. The van der Waals surface area contributed by atoms with Gasteiger partial charge in [0.15, 0.2) is 0 Å². The molecule has 0 saturated carbocycles. The summed E-state index contributed by atoms with van der Waals surface area (Å²) in [5, 5.41) is 3.39. The van der Waals surface area contributed by atoms with Gasteiger partial charge < -0.3 is 10.2 Å². The first kappa shape index (κ1) is 19.7. The summed E-state index contributed by atoms with van der Waals surface area (Å²) in [5.74, 6) is -0.636. The van der Waals surface area contributed by atoms with Crippen molar-refractivity contribution in [2.45, 2.75) is 33.1 Å². The minimum Gasteiger partial charge on any atom is -0.342 e. The fraction of sp³-hybridized carbons (Fsp3) is 0.929. The molecule has 2 fully saturated rings. The van der Waals surface area contributed by atoms with Crippen LogP contribution in [0.5, 0.6) is 0 Å². The number of carbonyl (C=O) groups is 1. The molecule has 0 radical (unpaired) electrons. The first-order valence-corrected chi connectivity index (χ1v) is 9.50. The van der Waals surface area contributed by atoms with Crippen LogP contribution < -0.4 is 5.32 Å². The third-order valence-corrected chi connectivity index (χ3v) is 6.83. The molecule has 2 heterocycles. The number of piperidine rings is 1. The van der Waals surface area contributed by atoms with Gasteiger partial charge >= 0.3 is 0 Å². The van der Waals surface area contributed by atoms with Gasteiger partial charge in [-0.25, -0.2) is 12.7 Å². The van der Waals surface area contributed by atoms with Crippen molar-refractivity contribution in [3.05, 3.63) is 0 Å². The number of nitrogens with one attached hydrogen (secondary N) is 1. The van der Waals surface area contributed by atoms with E-state index < -0.39 is 10.0 Å². The van der Waals surface area contributed by atoms with E-state index >= 15 is 0 Å². The zero-order chi connectivity index (χ0) is 15.5. The Balaban J connectivity index is 0.00000242. The van der Waals surface area contributed by atoms with Gasteiger partial charge in [0, 0.05) is 32.7 Å². The van der Waals surface area contributed by atoms with Crippen molar-refractivity contribution in [1.29, 1.82) is 0 Å². The van der Waals surface area contributed by atoms with E-state index in [9.17, 15) is 13.2 Å². The zero-order valence-electron chi connectivity index (χ0n) is 13.5. The molecule has 0 unspecified atom stereocenters. The van der Waals surface area contributed by atoms with Gasteiger partial charge in [0.1, 0.15) is 5.75 Å². The Morgan fingerprint density at radius 2 is 1.77 bits per heavy atom. The van der Waals surface area contributed by atoms with Crippen LogP contribution in [0.1, 0.15) is 33.1 Å². The maximum atomic E-state index is 12.3. The molecule has 8 heteroatoms. The maximum absolute atomic E-state index is 12.3. The SMILES string of the molecule is CCN(CC)S(=O)(=O)CC(=O)N1CCC2(CCNC2)CC1.Cl. The highest BCUT2D eigenvalue weighted by Crippen LogP contribution is 2.36. The lowest BCUT2D eigenvalue weighted by Gasteiger charge is -2.39. The molecule has 6 nitrogen and oxygen atoms in total. The molecule has 2 aliphatic heterocycles. The largest absolute Gasteiger partial charge is 0.342 e. The zero-order valence-corrected chi connectivity index (χ0v) is 15.1. The second kappa shape index (κ2) is 7.95. The van der Waals surface area contributed by atoms with Crippen LogP contribution in [0.15, 0.2) is 0 Å². The van der Waals surface area contributed by atoms with Crippen molar-refractivity contribution in [2.75, 3.05) is 45.0 Å². The summed E-state index contributed by atoms with van der Waals surface area (Å²) in [5.41, 5.74) is 0.342. The second-order valence-electron chi connectivity index (χ2n) is 6.15. The van der Waals surface area contributed by atoms with Crippen molar-refractivity contribution in [1.82, 2.24) is 14.5 Å². The highest BCUT2D eigenvalue weighted by molar-refractivity contribution is 7.89. The molecule has 2 aliphatic rings. The number of hydrogen-bond acceptors (Lipinski definition) is 4. The molecule has 2 saturated heterocycles. The lowest BCUT2D eigenvalue weighted by molar-refractivity contribution is -0.130. The highest BCUT2D eigenvalue weighted by atomic mass is 35.5. The molecule has 2 rings (SSSR count). The summed E-state index contributed by atoms with van der Waals surface area (Å²) in [6.45, 7) is 7.90. The average Bonchev–Trinajstić information content (AvgIpc) is 2.88. The van der Waals surface area contributed by atoms with Gasteiger partial charge in [-0.05, 0) is 31.2 Å². The number of sulfonamides is 1. The smallest absolute Gasteiger partial charge is 0.239 e. The summed E-state index contributed by atoms with van der Waals surface area (Å²) in [7, 11) is -3.47. The highest BCUT2D eigenvalue weighted by Gasteiger charge is 2.38. The first-order valence-electron chi connectivity index (χ1n) is 7.89. The number of hydrogen-bond donors (Lipinski definition) is 1. The monoisotopic (exact) mass is 353 g/mol. The Morgan fingerprint density at radius 3 is 2.23 bits per heavy atom. The summed E-state index contributed by atoms with van der Waals surface area (Å²) in [4.78, 5) is 14.0. The van der Waals surface area contributed by atoms with Crippen LogP contribution >= 0.6 is 12.4 Å². The number of halogens is 1. The van der Waals surface area contributed by atoms with Gasteiger partial charge in [0.2, 0.25) is 15.9 Å². The summed E-state index contributed by atoms with van der Waals surface area (Å²) in [6, 6.07) is 0. The summed E-state index contributed by atoms with van der Waals surface area (Å²) in [6.07, 6.45) is 3.14. The van der Waals surface area contributed by atoms with Crippen LogP contribution in [0.3, 0.4) is 0 Å². The van der Waals surface area contributed by atoms with Gasteiger partial charge in [-0.2, -0.15) is 0 Å². The molecule has 0 bridgehead atoms. The number of nitrogens with zero attached hydrogens (tertiary/aromatic N) is 2. The first-order chi connectivity index (χ1) is 9.92. The van der Waals surface area contributed by atoms with E-state index in [4.69, 9.17) is 0 Å². The van der Waals surface area contributed by atoms with E-state index in [2.05, 4.69) is 5.32 Å². The molecule has 1 amide bonds. The van der Waals surface area contributed by atoms with E-state index in [0.717, 1.165) is 25.9 Å². The van der Waals surface area contributed by atoms with Crippen molar-refractivity contribution >= 4 is 28.3 Å². The van der Waals surface area contributed by atoms with Crippen molar-refractivity contribution < 1.29 is 13.2 Å². The second-order valence-corrected chi connectivity index (χ2v) is 8.12. The average molecular weight is 354 g/mol. The molecule has 0 aromatic carbocycles. The quantitative estimate of drug-likeness (QED) is 0.789. The molecule has 1 spiro atoms. The van der Waals surface area contributed by atoms with Crippen LogP contribution in [0.25, 0.3) is 0 Å². The predicted molar refractivity (Wildman–Crippen MR) is 89.7 cm³/mol. The van der Waals surface area contributed by atoms with Crippen LogP contribution in [-0.2, 0) is 14.8 Å². The topological polar surface area (TPSA) is 69.7 Å². The minimum absolute atomic E-state index is 0. The molecule has 0 aromatic rings. The molecule has 0 aromatic heterocycles. The van der Waals surface area contributed by atoms with E-state index in [1.807, 2.05) is 0 Å². The van der Waals surface area contributed by atoms with Crippen LogP contribution in [0, 0.1) is 5.41 Å². The molecule has 22 heavy (non-hydrogen) atoms. The van der Waals surface area contributed by atoms with Gasteiger partial charge in [-0.3, -0.25) is 4.79 Å². The maximum Gasteiger partial charge on any atom is 0.239 e. The normalized spacial score (nSPS) is 21.1. The fourth-order valence-corrected chi connectivity index (χ4v) is 4.87. The van der Waals surface area contributed by atoms with Crippen molar-refractivity contribution in [3.63, 3.8) is 0 Å². The van der Waals surface area contributed by atoms with Crippen LogP contribution in [0.2, 0.25) is 0 Å². The van der Waals surface area contributed by atoms with Crippen LogP contribution in [-0.4, -0.2) is 68.6 Å². The third kappa shape index (κ3) is 4.34. The summed E-state index contributed by atoms with van der Waals surface area (Å²) < 4.78 is 25.7. The number of rotatable bonds is 5. The van der Waals surface area contributed by atoms with Gasteiger partial charge in [-0.15, -0.1) is 12.4 Å². The number of likely N-dealkylation sites (tertiary alicyclic amines) is 1. The molecule has 1 N–H and O–H groups in total. The Morgan fingerprint density at radius 1 is 1.18 bits per heavy atom. The van der Waals surface area contributed by atoms with Crippen molar-refractivity contribution in [3.8, 4) is 0 Å². The number of amides is 1. The van der Waals surface area contributed by atoms with Gasteiger partial charge in [0.25, 0.3) is 0 Å². The molecule has 0 atom stereocenters. The Kier molecular flexibility index (Phi) is 7.11. The lowest BCUT2D eigenvalue weighted by atomic mass is 9.78. The van der Waals surface area contributed by atoms with E-state index in [1.54, 1.807) is 18.7 Å². The van der Waals surface area contributed by atoms with Gasteiger partial charge in [-0.1, -0.05) is 13.8 Å². The third-order valence-electron chi connectivity index (χ3n) is 4.91. The lowest BCUT2D eigenvalue weighted by Crippen LogP contribution is -2.47. The van der Waals surface area contributed by atoms with Crippen molar-refractivity contribution in [2.24, 2.45) is 5.41 Å². The Hall–Kier alpha value is -0.370. The van der Waals surface area contributed by atoms with E-state index in [-0.39, 0.29) is 24.1 Å². The summed E-state index contributed by atoms with van der Waals surface area (Å²) >= 11 is 0. The molecular weight excluding hydrogens is 326 g/mol. The predicted octanol–water partition coefficient (Wildman–Crippen LogP) is 0.682. The van der Waals surface area contributed by atoms with Crippen LogP contribution in [0.4, 0.5) is 0 Å². The standard InChI is InChI=1S/C14H27N3O3S.ClH/c1-3-17(4-2)21(19,20)11-13(18)16-9-6-14(7-10-16)5-8-15-12-14;/h15H,3-12H2,1-2H3;1H.